The number of hydrogen-bond acceptors (Lipinski definition) is 4. The van der Waals surface area contributed by atoms with Crippen LogP contribution in [0, 0.1) is 0 Å². The smallest absolute Gasteiger partial charge is 0.347 e. The summed E-state index contributed by atoms with van der Waals surface area (Å²) in [6, 6.07) is 7.82. The third-order valence-electron chi connectivity index (χ3n) is 2.84. The molecule has 0 radical (unpaired) electrons. The molecule has 2 rings (SSSR count). The minimum absolute atomic E-state index is 0.260. The summed E-state index contributed by atoms with van der Waals surface area (Å²) >= 11 is 0. The Hall–Kier alpha value is -1.55. The molecule has 0 amide bonds. The van der Waals surface area contributed by atoms with Gasteiger partial charge in [-0.1, -0.05) is 19.1 Å². The molecule has 98 valence electrons. The summed E-state index contributed by atoms with van der Waals surface area (Å²) in [6.45, 7) is 4.49. The summed E-state index contributed by atoms with van der Waals surface area (Å²) in [5.41, 5.74) is 1.21. The lowest BCUT2D eigenvalue weighted by atomic mass is 10.2. The number of rotatable bonds is 6. The second-order valence-corrected chi connectivity index (χ2v) is 4.38. The number of esters is 1. The lowest BCUT2D eigenvalue weighted by molar-refractivity contribution is -0.143. The number of hydrogen-bond donors (Lipinski definition) is 1. The molecule has 0 bridgehead atoms. The number of carbonyl (C=O) groups excluding carboxylic acids is 1. The molecule has 0 aromatic heterocycles. The van der Waals surface area contributed by atoms with Crippen LogP contribution in [0.1, 0.15) is 25.3 Å². The Labute approximate surface area is 107 Å². The molecule has 1 saturated heterocycles. The zero-order valence-electron chi connectivity index (χ0n) is 10.6. The molecule has 4 heteroatoms. The van der Waals surface area contributed by atoms with E-state index < -0.39 is 6.10 Å². The molecule has 1 fully saturated rings. The van der Waals surface area contributed by atoms with Gasteiger partial charge in [0.1, 0.15) is 5.75 Å². The van der Waals surface area contributed by atoms with Crippen LogP contribution in [0.3, 0.4) is 0 Å². The first-order valence-electron chi connectivity index (χ1n) is 6.42. The van der Waals surface area contributed by atoms with E-state index in [2.05, 4.69) is 12.2 Å². The van der Waals surface area contributed by atoms with Crippen molar-refractivity contribution >= 4 is 5.97 Å². The summed E-state index contributed by atoms with van der Waals surface area (Å²) < 4.78 is 10.4. The highest BCUT2D eigenvalue weighted by Crippen LogP contribution is 2.18. The van der Waals surface area contributed by atoms with Gasteiger partial charge in [-0.15, -0.1) is 0 Å². The predicted molar refractivity (Wildman–Crippen MR) is 68.4 cm³/mol. The van der Waals surface area contributed by atoms with Crippen molar-refractivity contribution in [2.24, 2.45) is 0 Å². The first-order chi connectivity index (χ1) is 8.79. The summed E-state index contributed by atoms with van der Waals surface area (Å²) in [5.74, 6) is 0.460. The minimum Gasteiger partial charge on any atom is -0.479 e. The monoisotopic (exact) mass is 249 g/mol. The molecule has 1 N–H and O–H groups in total. The quantitative estimate of drug-likeness (QED) is 0.617. The van der Waals surface area contributed by atoms with Gasteiger partial charge < -0.3 is 14.8 Å². The molecule has 1 aromatic carbocycles. The van der Waals surface area contributed by atoms with Gasteiger partial charge in [-0.25, -0.2) is 4.79 Å². The average molecular weight is 249 g/mol. The maximum Gasteiger partial charge on any atom is 0.347 e. The van der Waals surface area contributed by atoms with E-state index in [9.17, 15) is 4.79 Å². The Balaban J connectivity index is 1.85. The number of cyclic esters (lactones) is 1. The Morgan fingerprint density at radius 2 is 2.17 bits per heavy atom. The van der Waals surface area contributed by atoms with Crippen LogP contribution in [0.2, 0.25) is 0 Å². The molecule has 18 heavy (non-hydrogen) atoms. The highest BCUT2D eigenvalue weighted by molar-refractivity contribution is 5.76. The van der Waals surface area contributed by atoms with E-state index >= 15 is 0 Å². The van der Waals surface area contributed by atoms with Gasteiger partial charge in [0.25, 0.3) is 0 Å². The number of ether oxygens (including phenoxy) is 2. The van der Waals surface area contributed by atoms with Gasteiger partial charge in [-0.05, 0) is 30.7 Å². The van der Waals surface area contributed by atoms with Gasteiger partial charge in [-0.2, -0.15) is 0 Å². The van der Waals surface area contributed by atoms with Gasteiger partial charge in [0.2, 0.25) is 0 Å². The van der Waals surface area contributed by atoms with Crippen LogP contribution in [-0.2, 0) is 16.1 Å². The molecule has 1 aromatic rings. The van der Waals surface area contributed by atoms with Crippen molar-refractivity contribution in [3.63, 3.8) is 0 Å². The van der Waals surface area contributed by atoms with E-state index in [1.165, 1.54) is 5.56 Å². The molecule has 1 heterocycles. The van der Waals surface area contributed by atoms with Crippen LogP contribution >= 0.6 is 0 Å². The Bertz CT molecular complexity index is 389. The van der Waals surface area contributed by atoms with Gasteiger partial charge in [-0.3, -0.25) is 0 Å². The maximum absolute atomic E-state index is 11.3. The lowest BCUT2D eigenvalue weighted by Crippen LogP contribution is -2.21. The first kappa shape index (κ1) is 12.9. The Kier molecular flexibility index (Phi) is 4.59. The summed E-state index contributed by atoms with van der Waals surface area (Å²) in [7, 11) is 0. The van der Waals surface area contributed by atoms with E-state index in [0.29, 0.717) is 13.0 Å². The SMILES string of the molecule is CCCNCc1ccc(OC2CCOC2=O)cc1. The normalized spacial score (nSPS) is 18.7. The van der Waals surface area contributed by atoms with Crippen molar-refractivity contribution in [2.75, 3.05) is 13.2 Å². The zero-order valence-corrected chi connectivity index (χ0v) is 10.6. The Morgan fingerprint density at radius 3 is 2.78 bits per heavy atom. The zero-order chi connectivity index (χ0) is 12.8. The molecule has 4 nitrogen and oxygen atoms in total. The molecular formula is C14H19NO3. The second kappa shape index (κ2) is 6.40. The fraction of sp³-hybridized carbons (Fsp3) is 0.500. The number of carbonyl (C=O) groups is 1. The van der Waals surface area contributed by atoms with Crippen LogP contribution < -0.4 is 10.1 Å². The van der Waals surface area contributed by atoms with Gasteiger partial charge in [0.05, 0.1) is 6.61 Å². The third kappa shape index (κ3) is 3.47. The molecule has 1 aliphatic heterocycles. The van der Waals surface area contributed by atoms with E-state index in [1.807, 2.05) is 24.3 Å². The van der Waals surface area contributed by atoms with Crippen molar-refractivity contribution in [1.82, 2.24) is 5.32 Å². The van der Waals surface area contributed by atoms with Crippen LogP contribution in [0.4, 0.5) is 0 Å². The predicted octanol–water partition coefficient (Wildman–Crippen LogP) is 1.88. The standard InChI is InChI=1S/C14H19NO3/c1-2-8-15-10-11-3-5-12(6-4-11)18-13-7-9-17-14(13)16/h3-6,13,15H,2,7-10H2,1H3. The minimum atomic E-state index is -0.436. The Morgan fingerprint density at radius 1 is 1.39 bits per heavy atom. The summed E-state index contributed by atoms with van der Waals surface area (Å²) in [5, 5.41) is 3.34. The molecule has 1 atom stereocenters. The van der Waals surface area contributed by atoms with Gasteiger partial charge >= 0.3 is 5.97 Å². The number of nitrogens with one attached hydrogen (secondary N) is 1. The summed E-state index contributed by atoms with van der Waals surface area (Å²) in [6.07, 6.45) is 1.33. The first-order valence-corrected chi connectivity index (χ1v) is 6.42. The number of benzene rings is 1. The average Bonchev–Trinajstić information content (AvgIpc) is 2.78. The topological polar surface area (TPSA) is 47.6 Å². The van der Waals surface area contributed by atoms with Crippen LogP contribution in [-0.4, -0.2) is 25.2 Å². The molecule has 0 saturated carbocycles. The molecule has 0 spiro atoms. The van der Waals surface area contributed by atoms with E-state index in [0.717, 1.165) is 25.3 Å². The van der Waals surface area contributed by atoms with Crippen LogP contribution in [0.5, 0.6) is 5.75 Å². The van der Waals surface area contributed by atoms with Crippen molar-refractivity contribution in [3.05, 3.63) is 29.8 Å². The largest absolute Gasteiger partial charge is 0.479 e. The van der Waals surface area contributed by atoms with Gasteiger partial charge in [0, 0.05) is 13.0 Å². The highest BCUT2D eigenvalue weighted by Gasteiger charge is 2.28. The van der Waals surface area contributed by atoms with E-state index in [4.69, 9.17) is 9.47 Å². The van der Waals surface area contributed by atoms with E-state index in [1.54, 1.807) is 0 Å². The highest BCUT2D eigenvalue weighted by atomic mass is 16.6. The fourth-order valence-electron chi connectivity index (χ4n) is 1.84. The molecule has 0 aliphatic carbocycles. The van der Waals surface area contributed by atoms with Crippen LogP contribution in [0.25, 0.3) is 0 Å². The van der Waals surface area contributed by atoms with Crippen molar-refractivity contribution in [1.29, 1.82) is 0 Å². The van der Waals surface area contributed by atoms with Crippen molar-refractivity contribution in [2.45, 2.75) is 32.4 Å². The molecule has 1 aliphatic rings. The maximum atomic E-state index is 11.3. The van der Waals surface area contributed by atoms with Crippen molar-refractivity contribution in [3.8, 4) is 5.75 Å². The fourth-order valence-corrected chi connectivity index (χ4v) is 1.84. The van der Waals surface area contributed by atoms with Crippen LogP contribution in [0.15, 0.2) is 24.3 Å². The van der Waals surface area contributed by atoms with Gasteiger partial charge in [0.15, 0.2) is 6.10 Å². The molecular weight excluding hydrogens is 230 g/mol. The third-order valence-corrected chi connectivity index (χ3v) is 2.84. The lowest BCUT2D eigenvalue weighted by Gasteiger charge is -2.10. The molecule has 1 unspecified atom stereocenters. The second-order valence-electron chi connectivity index (χ2n) is 4.38. The van der Waals surface area contributed by atoms with Crippen molar-refractivity contribution < 1.29 is 14.3 Å². The summed E-state index contributed by atoms with van der Waals surface area (Å²) in [4.78, 5) is 11.3. The van der Waals surface area contributed by atoms with E-state index in [-0.39, 0.29) is 5.97 Å².